The number of benzene rings is 1. The number of guanidine groups is 1. The van der Waals surface area contributed by atoms with Crippen LogP contribution >= 0.6 is 23.2 Å². The highest BCUT2D eigenvalue weighted by atomic mass is 35.5. The van der Waals surface area contributed by atoms with Crippen molar-refractivity contribution in [3.63, 3.8) is 0 Å². The molecule has 0 aliphatic rings. The maximum absolute atomic E-state index is 6.24. The van der Waals surface area contributed by atoms with Gasteiger partial charge in [-0.3, -0.25) is 9.67 Å². The molecule has 23 heavy (non-hydrogen) atoms. The largest absolute Gasteiger partial charge is 0.356 e. The normalized spacial score (nSPS) is 13.0. The molecule has 2 N–H and O–H groups in total. The molecular formula is C16H21Cl2N5. The van der Waals surface area contributed by atoms with E-state index >= 15 is 0 Å². The van der Waals surface area contributed by atoms with Crippen LogP contribution in [0, 0.1) is 0 Å². The average molecular weight is 354 g/mol. The molecular weight excluding hydrogens is 333 g/mol. The van der Waals surface area contributed by atoms with Crippen molar-refractivity contribution in [1.82, 2.24) is 20.4 Å². The van der Waals surface area contributed by atoms with Crippen LogP contribution in [0.5, 0.6) is 0 Å². The van der Waals surface area contributed by atoms with E-state index in [9.17, 15) is 0 Å². The Bertz CT molecular complexity index is 681. The first kappa shape index (κ1) is 17.6. The molecule has 0 saturated heterocycles. The molecule has 0 fully saturated rings. The van der Waals surface area contributed by atoms with Gasteiger partial charge in [-0.1, -0.05) is 29.3 Å². The Kier molecular flexibility index (Phi) is 6.30. The highest BCUT2D eigenvalue weighted by Gasteiger charge is 2.11. The summed E-state index contributed by atoms with van der Waals surface area (Å²) in [6.07, 6.45) is 4.76. The van der Waals surface area contributed by atoms with Gasteiger partial charge in [0.05, 0.1) is 12.2 Å². The minimum atomic E-state index is 0.0179. The maximum Gasteiger partial charge on any atom is 0.191 e. The zero-order valence-electron chi connectivity index (χ0n) is 13.5. The second-order valence-corrected chi connectivity index (χ2v) is 6.15. The molecule has 1 aromatic heterocycles. The SMILES string of the molecule is CN=C(NCCc1cnn(C)c1)NC(C)c1ccc(Cl)cc1Cl. The number of aliphatic imine (C=N–C) groups is 1. The topological polar surface area (TPSA) is 54.2 Å². The summed E-state index contributed by atoms with van der Waals surface area (Å²) in [6, 6.07) is 5.52. The molecule has 0 amide bonds. The molecule has 5 nitrogen and oxygen atoms in total. The number of nitrogens with zero attached hydrogens (tertiary/aromatic N) is 3. The molecule has 0 aliphatic heterocycles. The summed E-state index contributed by atoms with van der Waals surface area (Å²) in [4.78, 5) is 4.24. The van der Waals surface area contributed by atoms with Gasteiger partial charge in [-0.2, -0.15) is 5.10 Å². The standard InChI is InChI=1S/C16H21Cl2N5/c1-11(14-5-4-13(17)8-15(14)18)22-16(19-2)20-7-6-12-9-21-23(3)10-12/h4-5,8-11H,6-7H2,1-3H3,(H2,19,20,22). The smallest absolute Gasteiger partial charge is 0.191 e. The molecule has 124 valence electrons. The van der Waals surface area contributed by atoms with Gasteiger partial charge in [-0.25, -0.2) is 0 Å². The first-order valence-corrected chi connectivity index (χ1v) is 8.15. The molecule has 0 aliphatic carbocycles. The van der Waals surface area contributed by atoms with Crippen molar-refractivity contribution in [2.24, 2.45) is 12.0 Å². The quantitative estimate of drug-likeness (QED) is 0.641. The summed E-state index contributed by atoms with van der Waals surface area (Å²) in [6.45, 7) is 2.80. The van der Waals surface area contributed by atoms with Gasteiger partial charge in [0.2, 0.25) is 0 Å². The van der Waals surface area contributed by atoms with Crippen LogP contribution in [0.4, 0.5) is 0 Å². The molecule has 7 heteroatoms. The third-order valence-electron chi connectivity index (χ3n) is 3.47. The van der Waals surface area contributed by atoms with Crippen LogP contribution < -0.4 is 10.6 Å². The second kappa shape index (κ2) is 8.22. The lowest BCUT2D eigenvalue weighted by Crippen LogP contribution is -2.39. The van der Waals surface area contributed by atoms with Crippen molar-refractivity contribution < 1.29 is 0 Å². The van der Waals surface area contributed by atoms with Crippen molar-refractivity contribution >= 4 is 29.2 Å². The van der Waals surface area contributed by atoms with Crippen molar-refractivity contribution in [2.75, 3.05) is 13.6 Å². The van der Waals surface area contributed by atoms with Crippen LogP contribution in [0.1, 0.15) is 24.1 Å². The lowest BCUT2D eigenvalue weighted by Gasteiger charge is -2.19. The predicted molar refractivity (Wildman–Crippen MR) is 96.3 cm³/mol. The van der Waals surface area contributed by atoms with Gasteiger partial charge >= 0.3 is 0 Å². The maximum atomic E-state index is 6.24. The first-order chi connectivity index (χ1) is 11.0. The van der Waals surface area contributed by atoms with Gasteiger partial charge in [0, 0.05) is 36.9 Å². The summed E-state index contributed by atoms with van der Waals surface area (Å²) in [5.74, 6) is 0.729. The molecule has 0 spiro atoms. The summed E-state index contributed by atoms with van der Waals surface area (Å²) in [5, 5.41) is 12.0. The average Bonchev–Trinajstić information content (AvgIpc) is 2.91. The van der Waals surface area contributed by atoms with Crippen LogP contribution in [-0.4, -0.2) is 29.3 Å². The fraction of sp³-hybridized carbons (Fsp3) is 0.375. The number of halogens is 2. The number of aryl methyl sites for hydroxylation is 1. The highest BCUT2D eigenvalue weighted by molar-refractivity contribution is 6.35. The van der Waals surface area contributed by atoms with Crippen molar-refractivity contribution in [3.05, 3.63) is 51.8 Å². The van der Waals surface area contributed by atoms with E-state index in [0.29, 0.717) is 10.0 Å². The van der Waals surface area contributed by atoms with Crippen LogP contribution in [0.3, 0.4) is 0 Å². The number of aromatic nitrogens is 2. The molecule has 1 atom stereocenters. The number of hydrogen-bond donors (Lipinski definition) is 2. The van der Waals surface area contributed by atoms with Gasteiger partial charge in [-0.15, -0.1) is 0 Å². The molecule has 1 heterocycles. The van der Waals surface area contributed by atoms with Gasteiger partial charge in [0.1, 0.15) is 0 Å². The third kappa shape index (κ3) is 5.15. The Balaban J connectivity index is 1.88. The van der Waals surface area contributed by atoms with Gasteiger partial charge in [-0.05, 0) is 36.6 Å². The molecule has 0 bridgehead atoms. The van der Waals surface area contributed by atoms with Crippen molar-refractivity contribution in [2.45, 2.75) is 19.4 Å². The van der Waals surface area contributed by atoms with E-state index in [1.165, 1.54) is 5.56 Å². The Labute approximate surface area is 146 Å². The summed E-state index contributed by atoms with van der Waals surface area (Å²) in [7, 11) is 3.66. The molecule has 1 unspecified atom stereocenters. The van der Waals surface area contributed by atoms with E-state index in [1.54, 1.807) is 17.8 Å². The van der Waals surface area contributed by atoms with Gasteiger partial charge < -0.3 is 10.6 Å². The fourth-order valence-electron chi connectivity index (χ4n) is 2.26. The zero-order valence-corrected chi connectivity index (χ0v) is 15.0. The number of nitrogens with one attached hydrogen (secondary N) is 2. The van der Waals surface area contributed by atoms with E-state index in [4.69, 9.17) is 23.2 Å². The minimum Gasteiger partial charge on any atom is -0.356 e. The first-order valence-electron chi connectivity index (χ1n) is 7.39. The number of hydrogen-bond acceptors (Lipinski definition) is 2. The lowest BCUT2D eigenvalue weighted by atomic mass is 10.1. The zero-order chi connectivity index (χ0) is 16.8. The Morgan fingerprint density at radius 1 is 1.39 bits per heavy atom. The molecule has 0 saturated carbocycles. The fourth-order valence-corrected chi connectivity index (χ4v) is 2.83. The highest BCUT2D eigenvalue weighted by Crippen LogP contribution is 2.25. The second-order valence-electron chi connectivity index (χ2n) is 5.30. The van der Waals surface area contributed by atoms with Crippen molar-refractivity contribution in [1.29, 1.82) is 0 Å². The minimum absolute atomic E-state index is 0.0179. The van der Waals surface area contributed by atoms with Crippen LogP contribution in [-0.2, 0) is 13.5 Å². The summed E-state index contributed by atoms with van der Waals surface area (Å²) >= 11 is 12.2. The molecule has 0 radical (unpaired) electrons. The van der Waals surface area contributed by atoms with Gasteiger partial charge in [0.15, 0.2) is 5.96 Å². The Morgan fingerprint density at radius 2 is 2.17 bits per heavy atom. The third-order valence-corrected chi connectivity index (χ3v) is 4.03. The lowest BCUT2D eigenvalue weighted by molar-refractivity contribution is 0.684. The Hall–Kier alpha value is -1.72. The van der Waals surface area contributed by atoms with Gasteiger partial charge in [0.25, 0.3) is 0 Å². The Morgan fingerprint density at radius 3 is 2.78 bits per heavy atom. The van der Waals surface area contributed by atoms with Crippen LogP contribution in [0.25, 0.3) is 0 Å². The summed E-state index contributed by atoms with van der Waals surface area (Å²) in [5.41, 5.74) is 2.16. The molecule has 1 aromatic carbocycles. The number of rotatable bonds is 5. The van der Waals surface area contributed by atoms with E-state index in [1.807, 2.05) is 38.5 Å². The monoisotopic (exact) mass is 353 g/mol. The molecule has 2 rings (SSSR count). The van der Waals surface area contributed by atoms with Crippen LogP contribution in [0.15, 0.2) is 35.6 Å². The summed E-state index contributed by atoms with van der Waals surface area (Å²) < 4.78 is 1.80. The van der Waals surface area contributed by atoms with E-state index in [2.05, 4.69) is 20.7 Å². The van der Waals surface area contributed by atoms with E-state index in [-0.39, 0.29) is 6.04 Å². The predicted octanol–water partition coefficient (Wildman–Crippen LogP) is 3.20. The molecule has 2 aromatic rings. The van der Waals surface area contributed by atoms with E-state index in [0.717, 1.165) is 24.5 Å². The van der Waals surface area contributed by atoms with Crippen molar-refractivity contribution in [3.8, 4) is 0 Å². The van der Waals surface area contributed by atoms with E-state index < -0.39 is 0 Å². The van der Waals surface area contributed by atoms with Crippen LogP contribution in [0.2, 0.25) is 10.0 Å².